The van der Waals surface area contributed by atoms with E-state index >= 15 is 0 Å². The average molecular weight is 156 g/mol. The Kier molecular flexibility index (Phi) is 3.39. The van der Waals surface area contributed by atoms with Crippen molar-refractivity contribution in [2.24, 2.45) is 5.73 Å². The molecule has 0 aromatic rings. The Morgan fingerprint density at radius 1 is 1.82 bits per heavy atom. The molecule has 0 aliphatic rings. The zero-order chi connectivity index (χ0) is 8.85. The van der Waals surface area contributed by atoms with E-state index in [0.29, 0.717) is 0 Å². The molecule has 0 atom stereocenters. The number of hydrogen-bond acceptors (Lipinski definition) is 4. The van der Waals surface area contributed by atoms with Gasteiger partial charge in [0.05, 0.1) is 0 Å². The molecule has 0 aromatic carbocycles. The van der Waals surface area contributed by atoms with Crippen molar-refractivity contribution < 1.29 is 14.3 Å². The Morgan fingerprint density at radius 2 is 2.36 bits per heavy atom. The van der Waals surface area contributed by atoms with Crippen molar-refractivity contribution in [2.75, 3.05) is 0 Å². The van der Waals surface area contributed by atoms with E-state index < -0.39 is 11.5 Å². The Labute approximate surface area is 62.3 Å². The predicted molar refractivity (Wildman–Crippen MR) is 34.2 cm³/mol. The van der Waals surface area contributed by atoms with E-state index in [1.54, 1.807) is 0 Å². The van der Waals surface area contributed by atoms with Crippen molar-refractivity contribution in [3.8, 4) is 6.07 Å². The third kappa shape index (κ3) is 3.01. The molecule has 0 radical (unpaired) electrons. The number of carbonyl (C=O) groups excluding carboxylic acids is 1. The molecule has 4 nitrogen and oxygen atoms in total. The summed E-state index contributed by atoms with van der Waals surface area (Å²) in [6.07, 6.45) is 0.919. The summed E-state index contributed by atoms with van der Waals surface area (Å²) in [6, 6.07) is 1.39. The number of nitrogens with two attached hydrogens (primary N) is 1. The van der Waals surface area contributed by atoms with Gasteiger partial charge in [0, 0.05) is 10.2 Å². The van der Waals surface area contributed by atoms with E-state index in [2.05, 4.69) is 11.5 Å². The normalized spacial score (nSPS) is 10.0. The molecule has 0 bridgehead atoms. The van der Waals surface area contributed by atoms with Crippen LogP contribution in [0.4, 0.5) is 4.53 Å². The van der Waals surface area contributed by atoms with Crippen molar-refractivity contribution in [3.63, 3.8) is 0 Å². The van der Waals surface area contributed by atoms with E-state index in [0.717, 1.165) is 6.08 Å². The Morgan fingerprint density at radius 3 is 2.64 bits per heavy atom. The van der Waals surface area contributed by atoms with Crippen LogP contribution in [-0.2, 0) is 9.74 Å². The number of nitriles is 1. The van der Waals surface area contributed by atoms with Crippen LogP contribution < -0.4 is 5.73 Å². The Bertz CT molecular complexity index is 252. The summed E-state index contributed by atoms with van der Waals surface area (Å²) in [4.78, 5) is 13.1. The third-order valence-electron chi connectivity index (χ3n) is 0.740. The van der Waals surface area contributed by atoms with Gasteiger partial charge in [-0.2, -0.15) is 5.26 Å². The van der Waals surface area contributed by atoms with Crippen LogP contribution >= 0.6 is 0 Å². The molecule has 5 heteroatoms. The lowest BCUT2D eigenvalue weighted by Gasteiger charge is -1.90. The minimum absolute atomic E-state index is 0.0213. The highest BCUT2D eigenvalue weighted by Gasteiger charge is 2.10. The number of nitrogens with zero attached hydrogens (tertiary/aromatic N) is 1. The van der Waals surface area contributed by atoms with Gasteiger partial charge in [0.25, 0.3) is 0 Å². The topological polar surface area (TPSA) is 76.1 Å². The van der Waals surface area contributed by atoms with Crippen LogP contribution in [0.15, 0.2) is 23.9 Å². The molecule has 0 heterocycles. The molecule has 0 aliphatic carbocycles. The standard InChI is InChI=1S/C6H5FN2O2/c1-4(9)2-5(3-8)6(10)11-7/h2H,1,9H2/b5-2+. The summed E-state index contributed by atoms with van der Waals surface area (Å²) < 4.78 is 11.2. The molecule has 0 unspecified atom stereocenters. The number of rotatable bonds is 2. The zero-order valence-corrected chi connectivity index (χ0v) is 5.50. The minimum Gasteiger partial charge on any atom is -0.399 e. The molecule has 58 valence electrons. The first-order valence-corrected chi connectivity index (χ1v) is 2.51. The van der Waals surface area contributed by atoms with Crippen LogP contribution in [0, 0.1) is 11.3 Å². The lowest BCUT2D eigenvalue weighted by Crippen LogP contribution is -2.02. The highest BCUT2D eigenvalue weighted by molar-refractivity contribution is 5.92. The minimum atomic E-state index is -1.38. The predicted octanol–water partition coefficient (Wildman–Crippen LogP) is 0.336. The van der Waals surface area contributed by atoms with E-state index in [4.69, 9.17) is 11.0 Å². The molecule has 2 N–H and O–H groups in total. The molecule has 0 aliphatic heterocycles. The molecule has 0 aromatic heterocycles. The molecule has 0 rings (SSSR count). The van der Waals surface area contributed by atoms with Crippen molar-refractivity contribution in [3.05, 3.63) is 23.9 Å². The van der Waals surface area contributed by atoms with Gasteiger partial charge < -0.3 is 5.73 Å². The van der Waals surface area contributed by atoms with E-state index in [9.17, 15) is 9.32 Å². The van der Waals surface area contributed by atoms with Crippen LogP contribution in [-0.4, -0.2) is 5.97 Å². The summed E-state index contributed by atoms with van der Waals surface area (Å²) >= 11 is 0. The molecule has 0 amide bonds. The van der Waals surface area contributed by atoms with E-state index in [1.165, 1.54) is 6.07 Å². The van der Waals surface area contributed by atoms with Gasteiger partial charge in [-0.15, -0.1) is 0 Å². The van der Waals surface area contributed by atoms with Gasteiger partial charge in [0.2, 0.25) is 0 Å². The first kappa shape index (κ1) is 9.17. The summed E-state index contributed by atoms with van der Waals surface area (Å²) in [6.45, 7) is 3.18. The maximum Gasteiger partial charge on any atom is 0.390 e. The van der Waals surface area contributed by atoms with Gasteiger partial charge in [0.1, 0.15) is 11.6 Å². The van der Waals surface area contributed by atoms with Gasteiger partial charge in [-0.3, -0.25) is 0 Å². The smallest absolute Gasteiger partial charge is 0.390 e. The van der Waals surface area contributed by atoms with Gasteiger partial charge >= 0.3 is 5.97 Å². The highest BCUT2D eigenvalue weighted by Crippen LogP contribution is 1.98. The largest absolute Gasteiger partial charge is 0.399 e. The fourth-order valence-electron chi connectivity index (χ4n) is 0.364. The second-order valence-electron chi connectivity index (χ2n) is 1.61. The van der Waals surface area contributed by atoms with Crippen molar-refractivity contribution in [1.82, 2.24) is 0 Å². The third-order valence-corrected chi connectivity index (χ3v) is 0.740. The first-order valence-electron chi connectivity index (χ1n) is 2.51. The number of carbonyl (C=O) groups is 1. The van der Waals surface area contributed by atoms with E-state index in [-0.39, 0.29) is 5.70 Å². The van der Waals surface area contributed by atoms with Gasteiger partial charge in [-0.05, 0) is 6.08 Å². The lowest BCUT2D eigenvalue weighted by atomic mass is 10.2. The monoisotopic (exact) mass is 156 g/mol. The molecule has 0 saturated heterocycles. The summed E-state index contributed by atoms with van der Waals surface area (Å²) in [5, 5.41) is 8.19. The van der Waals surface area contributed by atoms with Crippen LogP contribution in [0.25, 0.3) is 0 Å². The van der Waals surface area contributed by atoms with Crippen molar-refractivity contribution in [2.45, 2.75) is 0 Å². The zero-order valence-electron chi connectivity index (χ0n) is 5.50. The summed E-state index contributed by atoms with van der Waals surface area (Å²) in [7, 11) is 0. The molecule has 0 saturated carbocycles. The quantitative estimate of drug-likeness (QED) is 0.355. The maximum absolute atomic E-state index is 11.2. The molecule has 0 fully saturated rings. The van der Waals surface area contributed by atoms with Crippen LogP contribution in [0.5, 0.6) is 0 Å². The van der Waals surface area contributed by atoms with Gasteiger partial charge in [-0.1, -0.05) is 6.58 Å². The summed E-state index contributed by atoms with van der Waals surface area (Å²) in [5.74, 6) is -1.38. The Hall–Kier alpha value is -1.83. The number of allylic oxidation sites excluding steroid dienone is 1. The second kappa shape index (κ2) is 4.06. The van der Waals surface area contributed by atoms with Crippen molar-refractivity contribution >= 4 is 5.97 Å². The fraction of sp³-hybridized carbons (Fsp3) is 0. The SMILES string of the molecule is C=C(N)/C=C(\C#N)C(=O)OF. The molecule has 11 heavy (non-hydrogen) atoms. The maximum atomic E-state index is 11.2. The van der Waals surface area contributed by atoms with Gasteiger partial charge in [-0.25, -0.2) is 9.74 Å². The average Bonchev–Trinajstić information content (AvgIpc) is 1.98. The molecule has 0 spiro atoms. The molecular formula is C6H5FN2O2. The fourth-order valence-corrected chi connectivity index (χ4v) is 0.364. The van der Waals surface area contributed by atoms with Crippen LogP contribution in [0.2, 0.25) is 0 Å². The second-order valence-corrected chi connectivity index (χ2v) is 1.61. The van der Waals surface area contributed by atoms with Crippen LogP contribution in [0.3, 0.4) is 0 Å². The Balaban J connectivity index is 4.57. The van der Waals surface area contributed by atoms with Gasteiger partial charge in [0.15, 0.2) is 0 Å². The number of halogens is 1. The van der Waals surface area contributed by atoms with E-state index in [1.807, 2.05) is 0 Å². The highest BCUT2D eigenvalue weighted by atomic mass is 19.3. The lowest BCUT2D eigenvalue weighted by molar-refractivity contribution is -0.177. The number of hydrogen-bond donors (Lipinski definition) is 1. The van der Waals surface area contributed by atoms with Crippen LogP contribution in [0.1, 0.15) is 0 Å². The van der Waals surface area contributed by atoms with Crippen molar-refractivity contribution in [1.29, 1.82) is 5.26 Å². The summed E-state index contributed by atoms with van der Waals surface area (Å²) in [5.41, 5.74) is 4.46. The first-order chi connectivity index (χ1) is 5.11. The molecular weight excluding hydrogens is 151 g/mol.